The van der Waals surface area contributed by atoms with Crippen LogP contribution in [0.2, 0.25) is 0 Å². The monoisotopic (exact) mass is 480 g/mol. The van der Waals surface area contributed by atoms with Crippen LogP contribution >= 0.6 is 24.8 Å². The number of hydrogen-bond donors (Lipinski definition) is 6. The van der Waals surface area contributed by atoms with Gasteiger partial charge in [-0.2, -0.15) is 0 Å². The number of imidazole rings is 1. The van der Waals surface area contributed by atoms with Crippen LogP contribution in [-0.4, -0.2) is 73.7 Å². The number of nitrogens with one attached hydrogen (secondary N) is 1. The molecule has 0 aromatic carbocycles. The van der Waals surface area contributed by atoms with E-state index in [1.165, 1.54) is 12.7 Å². The Kier molecular flexibility index (Phi) is 11.9. The number of unbranched alkanes of at least 4 members (excludes halogenated alkanes) is 2. The molecular weight excluding hydrogens is 447 g/mol. The van der Waals surface area contributed by atoms with Gasteiger partial charge in [-0.25, -0.2) is 15.0 Å². The van der Waals surface area contributed by atoms with Gasteiger partial charge < -0.3 is 37.5 Å². The van der Waals surface area contributed by atoms with Crippen molar-refractivity contribution in [2.45, 2.75) is 62.7 Å². The van der Waals surface area contributed by atoms with Gasteiger partial charge in [-0.05, 0) is 32.4 Å². The quantitative estimate of drug-likeness (QED) is 0.233. The van der Waals surface area contributed by atoms with E-state index in [0.717, 1.165) is 32.1 Å². The van der Waals surface area contributed by atoms with E-state index in [-0.39, 0.29) is 36.7 Å². The first-order chi connectivity index (χ1) is 14.1. The van der Waals surface area contributed by atoms with Crippen molar-refractivity contribution in [1.82, 2.24) is 24.8 Å². The molecule has 0 spiro atoms. The van der Waals surface area contributed by atoms with Crippen LogP contribution in [0.25, 0.3) is 11.2 Å². The minimum absolute atomic E-state index is 0. The van der Waals surface area contributed by atoms with E-state index in [1.54, 1.807) is 4.57 Å². The molecule has 3 heterocycles. The first kappa shape index (κ1) is 27.7. The fourth-order valence-corrected chi connectivity index (χ4v) is 3.73. The van der Waals surface area contributed by atoms with Crippen molar-refractivity contribution in [3.8, 4) is 0 Å². The molecule has 0 bridgehead atoms. The largest absolute Gasteiger partial charge is 0.387 e. The number of ether oxygens (including phenoxy) is 1. The average Bonchev–Trinajstić information content (AvgIpc) is 3.26. The minimum atomic E-state index is -1.12. The fourth-order valence-electron chi connectivity index (χ4n) is 3.73. The number of aliphatic hydroxyl groups excluding tert-OH is 2. The van der Waals surface area contributed by atoms with Crippen molar-refractivity contribution in [1.29, 1.82) is 0 Å². The van der Waals surface area contributed by atoms with Gasteiger partial charge in [0.15, 0.2) is 17.7 Å². The van der Waals surface area contributed by atoms with Gasteiger partial charge >= 0.3 is 0 Å². The number of hydrogen-bond acceptors (Lipinski definition) is 10. The molecule has 5 atom stereocenters. The molecule has 178 valence electrons. The molecule has 1 fully saturated rings. The van der Waals surface area contributed by atoms with E-state index >= 15 is 0 Å². The van der Waals surface area contributed by atoms with E-state index in [0.29, 0.717) is 30.8 Å². The van der Waals surface area contributed by atoms with E-state index in [4.69, 9.17) is 21.9 Å². The lowest BCUT2D eigenvalue weighted by Gasteiger charge is -2.22. The summed E-state index contributed by atoms with van der Waals surface area (Å²) in [6, 6.07) is 0.228. The minimum Gasteiger partial charge on any atom is -0.387 e. The number of nitrogen functional groups attached to an aromatic ring is 1. The average molecular weight is 481 g/mol. The summed E-state index contributed by atoms with van der Waals surface area (Å²) in [4.78, 5) is 12.3. The van der Waals surface area contributed by atoms with Gasteiger partial charge in [0.2, 0.25) is 0 Å². The maximum absolute atomic E-state index is 10.5. The lowest BCUT2D eigenvalue weighted by atomic mass is 10.0. The second-order valence-corrected chi connectivity index (χ2v) is 7.45. The summed E-state index contributed by atoms with van der Waals surface area (Å²) >= 11 is 0. The van der Waals surface area contributed by atoms with Crippen molar-refractivity contribution < 1.29 is 14.9 Å². The van der Waals surface area contributed by atoms with Gasteiger partial charge in [0.05, 0.1) is 6.33 Å². The number of aliphatic hydroxyl groups is 2. The molecule has 1 aliphatic rings. The predicted octanol–water partition coefficient (Wildman–Crippen LogP) is -0.303. The standard InChI is InChI=1S/C18H32N8O3.2ClH/c19-6-3-1-2-4-11(5-7-20)22-8-12-14(27)15(28)18(29-12)26-10-25-13-16(21)23-9-24-17(13)26;;/h9-12,14-15,18,22,27-28H,1-8,19-20H2,(H2,21,23,24);2*1H/t11?,12-,14-,15-,18-;;/m1../s1. The molecule has 0 amide bonds. The van der Waals surface area contributed by atoms with E-state index in [1.807, 2.05) is 0 Å². The molecule has 0 saturated carbocycles. The van der Waals surface area contributed by atoms with Gasteiger partial charge in [-0.1, -0.05) is 12.8 Å². The molecule has 2 aromatic rings. The summed E-state index contributed by atoms with van der Waals surface area (Å²) in [5.74, 6) is 0.249. The van der Waals surface area contributed by atoms with Crippen molar-refractivity contribution in [3.05, 3.63) is 12.7 Å². The third-order valence-electron chi connectivity index (χ3n) is 5.38. The van der Waals surface area contributed by atoms with Gasteiger partial charge in [0.25, 0.3) is 0 Å². The summed E-state index contributed by atoms with van der Waals surface area (Å²) in [5, 5.41) is 24.5. The highest BCUT2D eigenvalue weighted by molar-refractivity contribution is 5.85. The molecule has 1 unspecified atom stereocenters. The zero-order valence-corrected chi connectivity index (χ0v) is 19.0. The highest BCUT2D eigenvalue weighted by Crippen LogP contribution is 2.31. The highest BCUT2D eigenvalue weighted by atomic mass is 35.5. The van der Waals surface area contributed by atoms with Gasteiger partial charge in [0.1, 0.15) is 30.2 Å². The molecule has 31 heavy (non-hydrogen) atoms. The van der Waals surface area contributed by atoms with Crippen LogP contribution in [-0.2, 0) is 4.74 Å². The number of fused-ring (bicyclic) bond motifs is 1. The van der Waals surface area contributed by atoms with E-state index < -0.39 is 24.5 Å². The highest BCUT2D eigenvalue weighted by Gasteiger charge is 2.44. The van der Waals surface area contributed by atoms with Crippen molar-refractivity contribution in [2.75, 3.05) is 25.4 Å². The number of nitrogens with zero attached hydrogens (tertiary/aromatic N) is 4. The lowest BCUT2D eigenvalue weighted by Crippen LogP contribution is -2.42. The molecule has 0 aliphatic carbocycles. The Morgan fingerprint density at radius 3 is 2.52 bits per heavy atom. The summed E-state index contributed by atoms with van der Waals surface area (Å²) in [6.07, 6.45) is 4.25. The Bertz CT molecular complexity index is 783. The fraction of sp³-hybridized carbons (Fsp3) is 0.722. The number of aromatic nitrogens is 4. The molecule has 3 rings (SSSR count). The Morgan fingerprint density at radius 1 is 1.03 bits per heavy atom. The van der Waals surface area contributed by atoms with Gasteiger partial charge in [-0.3, -0.25) is 4.57 Å². The van der Waals surface area contributed by atoms with E-state index in [2.05, 4.69) is 20.3 Å². The molecule has 1 saturated heterocycles. The van der Waals surface area contributed by atoms with Crippen LogP contribution < -0.4 is 22.5 Å². The maximum atomic E-state index is 10.5. The molecular formula is C18H34Cl2N8O3. The maximum Gasteiger partial charge on any atom is 0.167 e. The van der Waals surface area contributed by atoms with Gasteiger partial charge in [-0.15, -0.1) is 24.8 Å². The lowest BCUT2D eigenvalue weighted by molar-refractivity contribution is -0.0348. The summed E-state index contributed by atoms with van der Waals surface area (Å²) < 4.78 is 7.54. The summed E-state index contributed by atoms with van der Waals surface area (Å²) in [5.41, 5.74) is 18.0. The Morgan fingerprint density at radius 2 is 1.81 bits per heavy atom. The van der Waals surface area contributed by atoms with Crippen molar-refractivity contribution in [3.63, 3.8) is 0 Å². The SMILES string of the molecule is Cl.Cl.NCCCCCC(CCN)NC[C@H]1O[C@@H](n2cnc3c(N)ncnc32)[C@H](O)[C@@H]1O. The van der Waals surface area contributed by atoms with Crippen LogP contribution in [0.15, 0.2) is 12.7 Å². The smallest absolute Gasteiger partial charge is 0.167 e. The molecule has 9 N–H and O–H groups in total. The van der Waals surface area contributed by atoms with Crippen LogP contribution in [0.5, 0.6) is 0 Å². The number of halogens is 2. The zero-order valence-electron chi connectivity index (χ0n) is 17.3. The first-order valence-corrected chi connectivity index (χ1v) is 10.1. The van der Waals surface area contributed by atoms with Crippen LogP contribution in [0, 0.1) is 0 Å². The Hall–Kier alpha value is -1.31. The normalized spacial score (nSPS) is 24.0. The Labute approximate surface area is 194 Å². The second kappa shape index (κ2) is 13.3. The molecule has 11 nitrogen and oxygen atoms in total. The summed E-state index contributed by atoms with van der Waals surface area (Å²) in [7, 11) is 0. The van der Waals surface area contributed by atoms with Crippen LogP contribution in [0.1, 0.15) is 38.3 Å². The number of nitrogens with two attached hydrogens (primary N) is 3. The zero-order chi connectivity index (χ0) is 20.8. The third-order valence-corrected chi connectivity index (χ3v) is 5.38. The second-order valence-electron chi connectivity index (χ2n) is 7.45. The number of rotatable bonds is 11. The predicted molar refractivity (Wildman–Crippen MR) is 123 cm³/mol. The van der Waals surface area contributed by atoms with Crippen molar-refractivity contribution in [2.24, 2.45) is 11.5 Å². The third kappa shape index (κ3) is 6.59. The van der Waals surface area contributed by atoms with E-state index in [9.17, 15) is 10.2 Å². The topological polar surface area (TPSA) is 183 Å². The first-order valence-electron chi connectivity index (χ1n) is 10.1. The van der Waals surface area contributed by atoms with Crippen LogP contribution in [0.3, 0.4) is 0 Å². The molecule has 13 heteroatoms. The van der Waals surface area contributed by atoms with Crippen molar-refractivity contribution >= 4 is 41.8 Å². The van der Waals surface area contributed by atoms with Gasteiger partial charge in [0, 0.05) is 12.6 Å². The Balaban J connectivity index is 0.00000240. The van der Waals surface area contributed by atoms with Crippen LogP contribution in [0.4, 0.5) is 5.82 Å². The molecule has 0 radical (unpaired) electrons. The summed E-state index contributed by atoms with van der Waals surface area (Å²) in [6.45, 7) is 1.69. The molecule has 1 aliphatic heterocycles. The number of anilines is 1. The molecule has 2 aromatic heterocycles.